The van der Waals surface area contributed by atoms with E-state index in [0.29, 0.717) is 16.3 Å². The Morgan fingerprint density at radius 3 is 2.44 bits per heavy atom. The van der Waals surface area contributed by atoms with Gasteiger partial charge in [0.05, 0.1) is 11.4 Å². The molecule has 0 fully saturated rings. The standard InChI is InChI=1S/C14H12ClFN2/c1-10(13-4-2-3-5-14(13)16)17-18-12-8-6-11(15)7-9-12/h2-9,18H,1H3/b17-10+. The number of halogens is 2. The first kappa shape index (κ1) is 12.6. The van der Waals surface area contributed by atoms with Gasteiger partial charge in [0, 0.05) is 10.6 Å². The van der Waals surface area contributed by atoms with Crippen LogP contribution in [0.15, 0.2) is 53.6 Å². The minimum Gasteiger partial charge on any atom is -0.278 e. The molecule has 0 saturated carbocycles. The largest absolute Gasteiger partial charge is 0.278 e. The first-order valence-electron chi connectivity index (χ1n) is 5.47. The third-order valence-corrected chi connectivity index (χ3v) is 2.71. The fourth-order valence-electron chi connectivity index (χ4n) is 1.49. The first-order valence-corrected chi connectivity index (χ1v) is 5.85. The molecule has 0 heterocycles. The first-order chi connectivity index (χ1) is 8.66. The Morgan fingerprint density at radius 2 is 1.78 bits per heavy atom. The van der Waals surface area contributed by atoms with Crippen LogP contribution in [0.5, 0.6) is 0 Å². The van der Waals surface area contributed by atoms with Crippen LogP contribution in [0.1, 0.15) is 12.5 Å². The van der Waals surface area contributed by atoms with Crippen LogP contribution in [0.25, 0.3) is 0 Å². The van der Waals surface area contributed by atoms with Gasteiger partial charge in [0.1, 0.15) is 5.82 Å². The molecule has 0 unspecified atom stereocenters. The monoisotopic (exact) mass is 262 g/mol. The molecule has 0 bridgehead atoms. The van der Waals surface area contributed by atoms with Gasteiger partial charge in [-0.25, -0.2) is 4.39 Å². The van der Waals surface area contributed by atoms with Gasteiger partial charge >= 0.3 is 0 Å². The summed E-state index contributed by atoms with van der Waals surface area (Å²) in [5.41, 5.74) is 4.73. The van der Waals surface area contributed by atoms with E-state index in [4.69, 9.17) is 11.6 Å². The van der Waals surface area contributed by atoms with Crippen LogP contribution < -0.4 is 5.43 Å². The second kappa shape index (κ2) is 5.65. The highest BCUT2D eigenvalue weighted by atomic mass is 35.5. The molecule has 4 heteroatoms. The van der Waals surface area contributed by atoms with Crippen molar-refractivity contribution in [2.75, 3.05) is 5.43 Å². The molecule has 1 N–H and O–H groups in total. The number of hydrogen-bond acceptors (Lipinski definition) is 2. The Hall–Kier alpha value is -1.87. The van der Waals surface area contributed by atoms with E-state index in [1.54, 1.807) is 49.4 Å². The summed E-state index contributed by atoms with van der Waals surface area (Å²) in [5, 5.41) is 4.80. The number of rotatable bonds is 3. The Morgan fingerprint density at radius 1 is 1.11 bits per heavy atom. The van der Waals surface area contributed by atoms with Crippen molar-refractivity contribution in [3.8, 4) is 0 Å². The molecule has 0 atom stereocenters. The van der Waals surface area contributed by atoms with E-state index in [9.17, 15) is 4.39 Å². The molecule has 2 aromatic rings. The minimum atomic E-state index is -0.281. The lowest BCUT2D eigenvalue weighted by atomic mass is 10.1. The number of anilines is 1. The fourth-order valence-corrected chi connectivity index (χ4v) is 1.61. The van der Waals surface area contributed by atoms with Crippen LogP contribution in [0.4, 0.5) is 10.1 Å². The zero-order valence-corrected chi connectivity index (χ0v) is 10.6. The normalized spacial score (nSPS) is 11.4. The SMILES string of the molecule is C/C(=N\Nc1ccc(Cl)cc1)c1ccccc1F. The van der Waals surface area contributed by atoms with Crippen LogP contribution in [-0.2, 0) is 0 Å². The number of hydrazone groups is 1. The summed E-state index contributed by atoms with van der Waals surface area (Å²) in [7, 11) is 0. The molecule has 0 saturated heterocycles. The van der Waals surface area contributed by atoms with Crippen molar-refractivity contribution in [1.29, 1.82) is 0 Å². The lowest BCUT2D eigenvalue weighted by molar-refractivity contribution is 0.625. The van der Waals surface area contributed by atoms with Crippen molar-refractivity contribution in [1.82, 2.24) is 0 Å². The van der Waals surface area contributed by atoms with Crippen LogP contribution in [0, 0.1) is 5.82 Å². The highest BCUT2D eigenvalue weighted by molar-refractivity contribution is 6.30. The van der Waals surface area contributed by atoms with Crippen molar-refractivity contribution in [3.05, 3.63) is 64.9 Å². The zero-order valence-electron chi connectivity index (χ0n) is 9.82. The summed E-state index contributed by atoms with van der Waals surface area (Å²) in [5.74, 6) is -0.281. The maximum Gasteiger partial charge on any atom is 0.132 e. The highest BCUT2D eigenvalue weighted by Gasteiger charge is 2.03. The second-order valence-electron chi connectivity index (χ2n) is 3.80. The molecule has 18 heavy (non-hydrogen) atoms. The van der Waals surface area contributed by atoms with Gasteiger partial charge in [0.25, 0.3) is 0 Å². The van der Waals surface area contributed by atoms with Gasteiger partial charge in [-0.2, -0.15) is 5.10 Å². The topological polar surface area (TPSA) is 24.4 Å². The van der Waals surface area contributed by atoms with Crippen LogP contribution in [0.3, 0.4) is 0 Å². The Kier molecular flexibility index (Phi) is 3.95. The average molecular weight is 263 g/mol. The summed E-state index contributed by atoms with van der Waals surface area (Å²) in [6.45, 7) is 1.75. The van der Waals surface area contributed by atoms with E-state index in [1.165, 1.54) is 6.07 Å². The number of benzene rings is 2. The number of hydrogen-bond donors (Lipinski definition) is 1. The summed E-state index contributed by atoms with van der Waals surface area (Å²) in [6.07, 6.45) is 0. The lowest BCUT2D eigenvalue weighted by Gasteiger charge is -2.04. The maximum absolute atomic E-state index is 13.5. The third-order valence-electron chi connectivity index (χ3n) is 2.46. The second-order valence-corrected chi connectivity index (χ2v) is 4.23. The molecular weight excluding hydrogens is 251 g/mol. The van der Waals surface area contributed by atoms with Gasteiger partial charge in [0.2, 0.25) is 0 Å². The molecule has 0 spiro atoms. The van der Waals surface area contributed by atoms with Gasteiger partial charge < -0.3 is 0 Å². The van der Waals surface area contributed by atoms with Crippen LogP contribution in [-0.4, -0.2) is 5.71 Å². The third kappa shape index (κ3) is 3.08. The van der Waals surface area contributed by atoms with Crippen molar-refractivity contribution >= 4 is 23.0 Å². The Balaban J connectivity index is 2.14. The molecule has 0 aliphatic rings. The van der Waals surface area contributed by atoms with E-state index in [1.807, 2.05) is 0 Å². The fraction of sp³-hybridized carbons (Fsp3) is 0.0714. The molecule has 92 valence electrons. The number of nitrogens with one attached hydrogen (secondary N) is 1. The smallest absolute Gasteiger partial charge is 0.132 e. The molecule has 0 aromatic heterocycles. The highest BCUT2D eigenvalue weighted by Crippen LogP contribution is 2.14. The van der Waals surface area contributed by atoms with Gasteiger partial charge in [-0.05, 0) is 37.3 Å². The van der Waals surface area contributed by atoms with E-state index in [0.717, 1.165) is 5.69 Å². The summed E-state index contributed by atoms with van der Waals surface area (Å²) < 4.78 is 13.5. The van der Waals surface area contributed by atoms with Gasteiger partial charge in [-0.15, -0.1) is 0 Å². The van der Waals surface area contributed by atoms with Crippen molar-refractivity contribution in [2.45, 2.75) is 6.92 Å². The Labute approximate surface area is 110 Å². The predicted octanol–water partition coefficient (Wildman–Crippen LogP) is 4.32. The van der Waals surface area contributed by atoms with E-state index >= 15 is 0 Å². The summed E-state index contributed by atoms with van der Waals surface area (Å²) in [4.78, 5) is 0. The van der Waals surface area contributed by atoms with E-state index in [-0.39, 0.29) is 5.82 Å². The average Bonchev–Trinajstić information content (AvgIpc) is 2.38. The van der Waals surface area contributed by atoms with Gasteiger partial charge in [-0.3, -0.25) is 5.43 Å². The quantitative estimate of drug-likeness (QED) is 0.647. The maximum atomic E-state index is 13.5. The van der Waals surface area contributed by atoms with Crippen molar-refractivity contribution < 1.29 is 4.39 Å². The number of nitrogens with zero attached hydrogens (tertiary/aromatic N) is 1. The van der Waals surface area contributed by atoms with E-state index in [2.05, 4.69) is 10.5 Å². The molecule has 2 aromatic carbocycles. The Bertz CT molecular complexity index is 564. The zero-order chi connectivity index (χ0) is 13.0. The van der Waals surface area contributed by atoms with Crippen molar-refractivity contribution in [3.63, 3.8) is 0 Å². The molecule has 0 radical (unpaired) electrons. The molecular formula is C14H12ClFN2. The summed E-state index contributed by atoms with van der Waals surface area (Å²) in [6, 6.07) is 13.7. The molecule has 2 rings (SSSR count). The van der Waals surface area contributed by atoms with Gasteiger partial charge in [0.15, 0.2) is 0 Å². The van der Waals surface area contributed by atoms with Crippen LogP contribution in [0.2, 0.25) is 5.02 Å². The van der Waals surface area contributed by atoms with E-state index < -0.39 is 0 Å². The minimum absolute atomic E-state index is 0.281. The molecule has 0 amide bonds. The summed E-state index contributed by atoms with van der Waals surface area (Å²) >= 11 is 5.78. The van der Waals surface area contributed by atoms with Gasteiger partial charge in [-0.1, -0.05) is 29.8 Å². The van der Waals surface area contributed by atoms with Crippen LogP contribution >= 0.6 is 11.6 Å². The van der Waals surface area contributed by atoms with Crippen molar-refractivity contribution in [2.24, 2.45) is 5.10 Å². The predicted molar refractivity (Wildman–Crippen MR) is 73.7 cm³/mol. The molecule has 0 aliphatic heterocycles. The molecule has 2 nitrogen and oxygen atoms in total. The lowest BCUT2D eigenvalue weighted by Crippen LogP contribution is -2.02. The molecule has 0 aliphatic carbocycles.